The first-order valence-corrected chi connectivity index (χ1v) is 10.1. The van der Waals surface area contributed by atoms with Crippen LogP contribution in [0.3, 0.4) is 0 Å². The van der Waals surface area contributed by atoms with Crippen LogP contribution < -0.4 is 9.75 Å². The van der Waals surface area contributed by atoms with Crippen LogP contribution in [0.25, 0.3) is 0 Å². The van der Waals surface area contributed by atoms with Gasteiger partial charge in [0, 0.05) is 18.7 Å². The topological polar surface area (TPSA) is 105 Å². The predicted molar refractivity (Wildman–Crippen MR) is 113 cm³/mol. The van der Waals surface area contributed by atoms with Crippen LogP contribution in [-0.2, 0) is 15.8 Å². The number of benzene rings is 2. The molecule has 0 bridgehead atoms. The Morgan fingerprint density at radius 1 is 1.17 bits per heavy atom. The van der Waals surface area contributed by atoms with E-state index in [1.54, 1.807) is 7.11 Å². The van der Waals surface area contributed by atoms with Crippen molar-refractivity contribution in [3.8, 4) is 5.75 Å². The molecule has 9 heteroatoms. The molecule has 0 fully saturated rings. The maximum atomic E-state index is 8.63. The average molecular weight is 420 g/mol. The lowest BCUT2D eigenvalue weighted by Crippen LogP contribution is -2.30. The molecule has 29 heavy (non-hydrogen) atoms. The molecule has 2 aromatic carbocycles. The van der Waals surface area contributed by atoms with E-state index >= 15 is 0 Å². The minimum atomic E-state index is -4.92. The lowest BCUT2D eigenvalue weighted by atomic mass is 9.82. The van der Waals surface area contributed by atoms with E-state index in [4.69, 9.17) is 22.3 Å². The van der Waals surface area contributed by atoms with Gasteiger partial charge in [-0.15, -0.1) is 0 Å². The van der Waals surface area contributed by atoms with Gasteiger partial charge in [0.15, 0.2) is 0 Å². The maximum absolute atomic E-state index is 8.63. The van der Waals surface area contributed by atoms with Crippen molar-refractivity contribution in [2.45, 2.75) is 19.3 Å². The van der Waals surface area contributed by atoms with Crippen LogP contribution in [0.4, 0.5) is 11.4 Å². The van der Waals surface area contributed by atoms with Gasteiger partial charge in [-0.1, -0.05) is 18.2 Å². The zero-order chi connectivity index (χ0) is 21.8. The Morgan fingerprint density at radius 2 is 1.72 bits per heavy atom. The smallest absolute Gasteiger partial charge is 0.215 e. The molecule has 0 unspecified atom stereocenters. The molecule has 0 atom stereocenters. The Balaban J connectivity index is 0.000000537. The predicted octanol–water partition coefficient (Wildman–Crippen LogP) is 2.83. The van der Waals surface area contributed by atoms with Crippen molar-refractivity contribution in [2.75, 3.05) is 26.2 Å². The summed E-state index contributed by atoms with van der Waals surface area (Å²) in [4.78, 5) is 0. The molecule has 8 nitrogen and oxygen atoms in total. The molecule has 0 aliphatic carbocycles. The Hall–Kier alpha value is -2.75. The summed E-state index contributed by atoms with van der Waals surface area (Å²) in [6.45, 7) is 4.48. The van der Waals surface area contributed by atoms with Gasteiger partial charge in [-0.3, -0.25) is 9.56 Å². The van der Waals surface area contributed by atoms with Crippen LogP contribution in [0.1, 0.15) is 19.4 Å². The number of ether oxygens (including phenoxy) is 1. The van der Waals surface area contributed by atoms with Crippen LogP contribution in [0.2, 0.25) is 0 Å². The molecule has 3 rings (SSSR count). The molecule has 0 saturated carbocycles. The van der Waals surface area contributed by atoms with E-state index < -0.39 is 10.4 Å². The summed E-state index contributed by atoms with van der Waals surface area (Å²) >= 11 is 0. The summed E-state index contributed by atoms with van der Waals surface area (Å²) in [5, 5.41) is 6.52. The van der Waals surface area contributed by atoms with Crippen LogP contribution in [0.15, 0.2) is 53.6 Å². The minimum Gasteiger partial charge on any atom is -0.726 e. The lowest BCUT2D eigenvalue weighted by molar-refractivity contribution is -0.400. The van der Waals surface area contributed by atoms with Crippen LogP contribution in [0, 0.1) is 0 Å². The number of hydrazone groups is 1. The first-order chi connectivity index (χ1) is 13.4. The fraction of sp³-hybridized carbons (Fsp3) is 0.300. The third-order valence-electron chi connectivity index (χ3n) is 4.74. The molecule has 2 aromatic rings. The molecule has 0 aromatic heterocycles. The highest BCUT2D eigenvalue weighted by molar-refractivity contribution is 7.79. The summed E-state index contributed by atoms with van der Waals surface area (Å²) < 4.78 is 40.3. The van der Waals surface area contributed by atoms with Gasteiger partial charge in [0.2, 0.25) is 21.8 Å². The van der Waals surface area contributed by atoms with Gasteiger partial charge in [-0.2, -0.15) is 9.68 Å². The molecular formula is C20H25N3O5S. The standard InChI is InChI=1S/C20H24N3O.H2O4S/c1-20(2)17-8-6-7-9-18(17)22(3)19(20)14-21-23(4)15-10-12-16(24-5)13-11-15;1-5(2,3)4/h6-14H,1-5H3;(H2,1,2,3,4)/q+1;/p-1. The van der Waals surface area contributed by atoms with Gasteiger partial charge >= 0.3 is 0 Å². The van der Waals surface area contributed by atoms with Crippen molar-refractivity contribution in [1.29, 1.82) is 0 Å². The third-order valence-corrected chi connectivity index (χ3v) is 4.74. The van der Waals surface area contributed by atoms with Crippen molar-refractivity contribution < 1.29 is 26.8 Å². The van der Waals surface area contributed by atoms with Crippen LogP contribution >= 0.6 is 0 Å². The molecular weight excluding hydrogens is 394 g/mol. The number of nitrogens with zero attached hydrogens (tertiary/aromatic N) is 3. The molecule has 0 amide bonds. The quantitative estimate of drug-likeness (QED) is 0.269. The largest absolute Gasteiger partial charge is 0.726 e. The summed E-state index contributed by atoms with van der Waals surface area (Å²) in [5.74, 6) is 0.845. The van der Waals surface area contributed by atoms with Crippen LogP contribution in [-0.4, -0.2) is 55.2 Å². The Bertz CT molecular complexity index is 1020. The second-order valence-electron chi connectivity index (χ2n) is 6.98. The van der Waals surface area contributed by atoms with Gasteiger partial charge in [0.05, 0.1) is 18.2 Å². The van der Waals surface area contributed by atoms with Crippen molar-refractivity contribution in [1.82, 2.24) is 0 Å². The number of hydrogen-bond acceptors (Lipinski definition) is 6. The molecule has 1 N–H and O–H groups in total. The first-order valence-electron chi connectivity index (χ1n) is 8.76. The van der Waals surface area contributed by atoms with Crippen molar-refractivity contribution in [2.24, 2.45) is 5.10 Å². The first kappa shape index (κ1) is 22.5. The maximum Gasteiger partial charge on any atom is 0.215 e. The van der Waals surface area contributed by atoms with E-state index in [0.717, 1.165) is 11.4 Å². The SMILES string of the molecule is COc1ccc(N(C)N=CC2=[N+](C)c3ccccc3C2(C)C)cc1.O=S(=O)([O-])O. The van der Waals surface area contributed by atoms with Crippen molar-refractivity contribution >= 4 is 33.7 Å². The highest BCUT2D eigenvalue weighted by Crippen LogP contribution is 2.38. The summed E-state index contributed by atoms with van der Waals surface area (Å²) in [7, 11) is 0.805. The minimum absolute atomic E-state index is 0.0599. The number of methoxy groups -OCH3 is 1. The van der Waals surface area contributed by atoms with Gasteiger partial charge in [-0.25, -0.2) is 8.42 Å². The van der Waals surface area contributed by atoms with E-state index in [9.17, 15) is 0 Å². The fourth-order valence-corrected chi connectivity index (χ4v) is 3.24. The zero-order valence-corrected chi connectivity index (χ0v) is 17.8. The molecule has 0 spiro atoms. The molecule has 1 aliphatic heterocycles. The number of rotatable bonds is 4. The molecule has 1 heterocycles. The van der Waals surface area contributed by atoms with E-state index in [-0.39, 0.29) is 5.41 Å². The number of anilines is 1. The van der Waals surface area contributed by atoms with Gasteiger partial charge in [0.25, 0.3) is 0 Å². The zero-order valence-electron chi connectivity index (χ0n) is 17.0. The number of fused-ring (bicyclic) bond motifs is 1. The summed E-state index contributed by atoms with van der Waals surface area (Å²) in [5.41, 5.74) is 4.72. The van der Waals surface area contributed by atoms with Crippen molar-refractivity contribution in [3.63, 3.8) is 0 Å². The highest BCUT2D eigenvalue weighted by Gasteiger charge is 2.43. The number of hydrogen-bond donors (Lipinski definition) is 1. The monoisotopic (exact) mass is 419 g/mol. The van der Waals surface area contributed by atoms with Crippen molar-refractivity contribution in [3.05, 3.63) is 54.1 Å². The van der Waals surface area contributed by atoms with E-state index in [1.165, 1.54) is 17.0 Å². The molecule has 1 aliphatic rings. The summed E-state index contributed by atoms with van der Waals surface area (Å²) in [6, 6.07) is 16.4. The van der Waals surface area contributed by atoms with Crippen LogP contribution in [0.5, 0.6) is 5.75 Å². The van der Waals surface area contributed by atoms with Gasteiger partial charge < -0.3 is 9.29 Å². The van der Waals surface area contributed by atoms with Gasteiger partial charge in [-0.05, 0) is 38.1 Å². The molecule has 0 radical (unpaired) electrons. The average Bonchev–Trinajstić information content (AvgIpc) is 2.85. The second kappa shape index (κ2) is 8.73. The molecule has 0 saturated heterocycles. The Morgan fingerprint density at radius 3 is 2.24 bits per heavy atom. The van der Waals surface area contributed by atoms with Gasteiger partial charge in [0.1, 0.15) is 19.0 Å². The van der Waals surface area contributed by atoms with E-state index in [2.05, 4.69) is 54.8 Å². The number of para-hydroxylation sites is 1. The summed E-state index contributed by atoms with van der Waals surface area (Å²) in [6.07, 6.45) is 1.96. The lowest BCUT2D eigenvalue weighted by Gasteiger charge is -2.16. The van der Waals surface area contributed by atoms with E-state index in [0.29, 0.717) is 0 Å². The second-order valence-corrected chi connectivity index (χ2v) is 7.84. The normalized spacial score (nSPS) is 15.0. The third kappa shape index (κ3) is 5.63. The fourth-order valence-electron chi connectivity index (χ4n) is 3.24. The van der Waals surface area contributed by atoms with E-state index in [1.807, 2.05) is 42.5 Å². The molecule has 156 valence electrons. The Labute approximate surface area is 171 Å². The highest BCUT2D eigenvalue weighted by atomic mass is 32.3. The Kier molecular flexibility index (Phi) is 6.78.